The summed E-state index contributed by atoms with van der Waals surface area (Å²) < 4.78 is 0. The van der Waals surface area contributed by atoms with Crippen molar-refractivity contribution >= 4 is 17.4 Å². The van der Waals surface area contributed by atoms with E-state index in [9.17, 15) is 4.79 Å². The van der Waals surface area contributed by atoms with Crippen LogP contribution in [0.5, 0.6) is 0 Å². The molecule has 2 aromatic heterocycles. The Balaban J connectivity index is 1.51. The molecule has 0 bridgehead atoms. The Bertz CT molecular complexity index is 975. The van der Waals surface area contributed by atoms with Gasteiger partial charge in [-0.1, -0.05) is 18.2 Å². The summed E-state index contributed by atoms with van der Waals surface area (Å²) in [6, 6.07) is 14.4. The summed E-state index contributed by atoms with van der Waals surface area (Å²) in [6.45, 7) is 2.79. The first-order valence-electron chi connectivity index (χ1n) is 9.47. The minimum atomic E-state index is -0.0992. The molecule has 0 N–H and O–H groups in total. The predicted molar refractivity (Wildman–Crippen MR) is 109 cm³/mol. The van der Waals surface area contributed by atoms with Crippen LogP contribution in [0.15, 0.2) is 61.2 Å². The van der Waals surface area contributed by atoms with Gasteiger partial charge < -0.3 is 9.80 Å². The highest BCUT2D eigenvalue weighted by Crippen LogP contribution is 2.37. The molecule has 6 nitrogen and oxygen atoms in total. The van der Waals surface area contributed by atoms with Crippen LogP contribution in [-0.4, -0.2) is 45.4 Å². The molecule has 1 aliphatic rings. The zero-order valence-corrected chi connectivity index (χ0v) is 16.1. The molecule has 1 amide bonds. The Labute approximate surface area is 164 Å². The van der Waals surface area contributed by atoms with Crippen molar-refractivity contribution in [3.63, 3.8) is 0 Å². The van der Waals surface area contributed by atoms with Gasteiger partial charge in [-0.05, 0) is 49.1 Å². The normalized spacial score (nSPS) is 15.4. The fraction of sp³-hybridized carbons (Fsp3) is 0.273. The van der Waals surface area contributed by atoms with Crippen molar-refractivity contribution in [2.75, 3.05) is 18.5 Å². The summed E-state index contributed by atoms with van der Waals surface area (Å²) in [5, 5.41) is 0. The maximum absolute atomic E-state index is 12.9. The lowest BCUT2D eigenvalue weighted by Gasteiger charge is -2.24. The Morgan fingerprint density at radius 1 is 1.18 bits per heavy atom. The van der Waals surface area contributed by atoms with E-state index < -0.39 is 0 Å². The Morgan fingerprint density at radius 2 is 1.96 bits per heavy atom. The van der Waals surface area contributed by atoms with Crippen molar-refractivity contribution in [2.24, 2.45) is 0 Å². The van der Waals surface area contributed by atoms with E-state index in [1.807, 2.05) is 18.2 Å². The number of benzene rings is 1. The molecule has 0 aliphatic carbocycles. The second-order valence-electron chi connectivity index (χ2n) is 7.15. The lowest BCUT2D eigenvalue weighted by molar-refractivity contribution is 0.0790. The maximum Gasteiger partial charge on any atom is 0.272 e. The van der Waals surface area contributed by atoms with Crippen molar-refractivity contribution in [1.82, 2.24) is 19.9 Å². The minimum Gasteiger partial charge on any atom is -0.340 e. The molecule has 0 fully saturated rings. The Kier molecular flexibility index (Phi) is 5.02. The van der Waals surface area contributed by atoms with Crippen molar-refractivity contribution in [1.29, 1.82) is 0 Å². The number of amides is 1. The molecule has 6 heteroatoms. The molecule has 1 atom stereocenters. The third-order valence-electron chi connectivity index (χ3n) is 5.16. The molecule has 0 spiro atoms. The second kappa shape index (κ2) is 7.76. The molecule has 3 heterocycles. The van der Waals surface area contributed by atoms with Crippen molar-refractivity contribution in [2.45, 2.75) is 25.8 Å². The van der Waals surface area contributed by atoms with Gasteiger partial charge in [0.1, 0.15) is 17.8 Å². The summed E-state index contributed by atoms with van der Waals surface area (Å²) in [6.07, 6.45) is 6.76. The molecule has 0 radical (unpaired) electrons. The lowest BCUT2D eigenvalue weighted by Crippen LogP contribution is -2.30. The number of carbonyl (C=O) groups is 1. The van der Waals surface area contributed by atoms with Crippen LogP contribution in [0.4, 0.5) is 11.5 Å². The number of aromatic nitrogens is 3. The molecule has 142 valence electrons. The molecular formula is C22H23N5O. The summed E-state index contributed by atoms with van der Waals surface area (Å²) in [4.78, 5) is 29.4. The standard InChI is InChI=1S/C22H23N5O/c1-16-13-18-5-3-4-6-20(18)27(16)21-14-19(24-15-25-21)22(28)26(2)12-9-17-7-10-23-11-8-17/h3-8,10-11,14-16H,9,12-13H2,1-2H3. The van der Waals surface area contributed by atoms with Crippen LogP contribution in [0, 0.1) is 0 Å². The highest BCUT2D eigenvalue weighted by molar-refractivity contribution is 5.93. The first-order chi connectivity index (χ1) is 13.6. The summed E-state index contributed by atoms with van der Waals surface area (Å²) >= 11 is 0. The van der Waals surface area contributed by atoms with Gasteiger partial charge in [0.25, 0.3) is 5.91 Å². The topological polar surface area (TPSA) is 62.2 Å². The smallest absolute Gasteiger partial charge is 0.272 e. The molecule has 28 heavy (non-hydrogen) atoms. The number of fused-ring (bicyclic) bond motifs is 1. The van der Waals surface area contributed by atoms with Gasteiger partial charge in [-0.15, -0.1) is 0 Å². The van der Waals surface area contributed by atoms with Gasteiger partial charge in [-0.25, -0.2) is 9.97 Å². The zero-order chi connectivity index (χ0) is 19.5. The fourth-order valence-electron chi connectivity index (χ4n) is 3.65. The van der Waals surface area contributed by atoms with Crippen LogP contribution in [0.25, 0.3) is 0 Å². The third kappa shape index (κ3) is 3.58. The van der Waals surface area contributed by atoms with Gasteiger partial charge >= 0.3 is 0 Å². The van der Waals surface area contributed by atoms with E-state index in [-0.39, 0.29) is 5.91 Å². The number of nitrogens with zero attached hydrogens (tertiary/aromatic N) is 5. The van der Waals surface area contributed by atoms with Crippen molar-refractivity contribution in [3.8, 4) is 0 Å². The largest absolute Gasteiger partial charge is 0.340 e. The quantitative estimate of drug-likeness (QED) is 0.687. The van der Waals surface area contributed by atoms with Crippen LogP contribution in [0.3, 0.4) is 0 Å². The Hall–Kier alpha value is -3.28. The summed E-state index contributed by atoms with van der Waals surface area (Å²) in [5.41, 5.74) is 4.02. The molecule has 0 saturated carbocycles. The highest BCUT2D eigenvalue weighted by Gasteiger charge is 2.28. The van der Waals surface area contributed by atoms with E-state index >= 15 is 0 Å². The van der Waals surface area contributed by atoms with Crippen LogP contribution in [-0.2, 0) is 12.8 Å². The van der Waals surface area contributed by atoms with Gasteiger partial charge in [0, 0.05) is 43.8 Å². The van der Waals surface area contributed by atoms with E-state index in [1.165, 1.54) is 11.9 Å². The maximum atomic E-state index is 12.9. The number of hydrogen-bond donors (Lipinski definition) is 0. The average molecular weight is 373 g/mol. The molecule has 4 rings (SSSR count). The van der Waals surface area contributed by atoms with Crippen molar-refractivity contribution < 1.29 is 4.79 Å². The number of anilines is 2. The number of likely N-dealkylation sites (N-methyl/N-ethyl adjacent to an activating group) is 1. The van der Waals surface area contributed by atoms with Crippen molar-refractivity contribution in [3.05, 3.63) is 78.0 Å². The molecule has 1 aromatic carbocycles. The fourth-order valence-corrected chi connectivity index (χ4v) is 3.65. The van der Waals surface area contributed by atoms with E-state index in [1.54, 1.807) is 30.4 Å². The van der Waals surface area contributed by atoms with Crippen LogP contribution >= 0.6 is 0 Å². The molecule has 3 aromatic rings. The van der Waals surface area contributed by atoms with Crippen LogP contribution in [0.2, 0.25) is 0 Å². The highest BCUT2D eigenvalue weighted by atomic mass is 16.2. The van der Waals surface area contributed by atoms with Gasteiger partial charge in [-0.3, -0.25) is 9.78 Å². The van der Waals surface area contributed by atoms with Gasteiger partial charge in [-0.2, -0.15) is 0 Å². The SMILES string of the molecule is CC1Cc2ccccc2N1c1cc(C(=O)N(C)CCc2ccncc2)ncn1. The monoisotopic (exact) mass is 373 g/mol. The van der Waals surface area contributed by atoms with Gasteiger partial charge in [0.05, 0.1) is 0 Å². The van der Waals surface area contributed by atoms with Gasteiger partial charge in [0.2, 0.25) is 0 Å². The molecular weight excluding hydrogens is 350 g/mol. The Morgan fingerprint density at radius 3 is 2.79 bits per heavy atom. The lowest BCUT2D eigenvalue weighted by atomic mass is 10.1. The number of hydrogen-bond acceptors (Lipinski definition) is 5. The molecule has 0 saturated heterocycles. The number of pyridine rings is 1. The molecule has 1 unspecified atom stereocenters. The first kappa shape index (κ1) is 18.1. The van der Waals surface area contributed by atoms with E-state index in [4.69, 9.17) is 0 Å². The first-order valence-corrected chi connectivity index (χ1v) is 9.47. The second-order valence-corrected chi connectivity index (χ2v) is 7.15. The number of para-hydroxylation sites is 1. The van der Waals surface area contributed by atoms with Crippen LogP contribution in [0.1, 0.15) is 28.5 Å². The predicted octanol–water partition coefficient (Wildman–Crippen LogP) is 3.27. The summed E-state index contributed by atoms with van der Waals surface area (Å²) in [7, 11) is 1.80. The molecule has 1 aliphatic heterocycles. The van der Waals surface area contributed by atoms with Crippen LogP contribution < -0.4 is 4.90 Å². The van der Waals surface area contributed by atoms with E-state index in [2.05, 4.69) is 45.0 Å². The number of rotatable bonds is 5. The zero-order valence-electron chi connectivity index (χ0n) is 16.1. The van der Waals surface area contributed by atoms with E-state index in [0.29, 0.717) is 18.3 Å². The average Bonchev–Trinajstić information content (AvgIpc) is 3.08. The summed E-state index contributed by atoms with van der Waals surface area (Å²) in [5.74, 6) is 0.663. The van der Waals surface area contributed by atoms with Gasteiger partial charge in [0.15, 0.2) is 0 Å². The minimum absolute atomic E-state index is 0.0992. The van der Waals surface area contributed by atoms with E-state index in [0.717, 1.165) is 29.9 Å². The third-order valence-corrected chi connectivity index (χ3v) is 5.16. The number of carbonyl (C=O) groups excluding carboxylic acids is 1.